The van der Waals surface area contributed by atoms with Crippen molar-refractivity contribution in [1.82, 2.24) is 0 Å². The van der Waals surface area contributed by atoms with Gasteiger partial charge in [-0.3, -0.25) is 4.79 Å². The minimum absolute atomic E-state index is 0.170. The van der Waals surface area contributed by atoms with Crippen molar-refractivity contribution in [2.24, 2.45) is 0 Å². The number of fused-ring (bicyclic) bond motifs is 1. The van der Waals surface area contributed by atoms with Gasteiger partial charge in [0, 0.05) is 19.2 Å². The van der Waals surface area contributed by atoms with Crippen LogP contribution in [0.3, 0.4) is 0 Å². The summed E-state index contributed by atoms with van der Waals surface area (Å²) < 4.78 is 0. The van der Waals surface area contributed by atoms with E-state index in [9.17, 15) is 9.90 Å². The predicted molar refractivity (Wildman–Crippen MR) is 77.3 cm³/mol. The molecule has 1 amide bonds. The minimum atomic E-state index is -0.375. The maximum Gasteiger partial charge on any atom is 0.227 e. The van der Waals surface area contributed by atoms with Crippen molar-refractivity contribution in [3.63, 3.8) is 0 Å². The lowest BCUT2D eigenvalue weighted by atomic mass is 9.95. The van der Waals surface area contributed by atoms with Gasteiger partial charge in [0.2, 0.25) is 5.91 Å². The number of rotatable bonds is 5. The van der Waals surface area contributed by atoms with Gasteiger partial charge in [-0.15, -0.1) is 0 Å². The molecule has 1 aliphatic heterocycles. The van der Waals surface area contributed by atoms with Gasteiger partial charge in [0.15, 0.2) is 0 Å². The van der Waals surface area contributed by atoms with Crippen molar-refractivity contribution in [3.8, 4) is 0 Å². The highest BCUT2D eigenvalue weighted by Crippen LogP contribution is 2.30. The molecule has 1 atom stereocenters. The molecule has 104 valence electrons. The average molecular weight is 261 g/mol. The molecule has 0 aliphatic carbocycles. The first kappa shape index (κ1) is 14.1. The summed E-state index contributed by atoms with van der Waals surface area (Å²) in [5.41, 5.74) is 3.15. The van der Waals surface area contributed by atoms with E-state index in [1.54, 1.807) is 4.90 Å². The van der Waals surface area contributed by atoms with E-state index >= 15 is 0 Å². The van der Waals surface area contributed by atoms with Crippen LogP contribution in [0.1, 0.15) is 56.3 Å². The molecule has 1 aliphatic rings. The van der Waals surface area contributed by atoms with E-state index in [-0.39, 0.29) is 12.0 Å². The Morgan fingerprint density at radius 2 is 2.11 bits per heavy atom. The topological polar surface area (TPSA) is 40.5 Å². The first-order chi connectivity index (χ1) is 9.13. The fourth-order valence-corrected chi connectivity index (χ4v) is 2.64. The molecule has 0 saturated heterocycles. The number of hydrogen-bond acceptors (Lipinski definition) is 2. The highest BCUT2D eigenvalue weighted by molar-refractivity contribution is 5.95. The van der Waals surface area contributed by atoms with Crippen LogP contribution >= 0.6 is 0 Å². The predicted octanol–water partition coefficient (Wildman–Crippen LogP) is 3.21. The minimum Gasteiger partial charge on any atom is -0.388 e. The quantitative estimate of drug-likeness (QED) is 0.827. The summed E-state index contributed by atoms with van der Waals surface area (Å²) in [6, 6.07) is 5.98. The van der Waals surface area contributed by atoms with Crippen molar-refractivity contribution in [2.45, 2.75) is 51.6 Å². The Labute approximate surface area is 115 Å². The third kappa shape index (κ3) is 3.16. The van der Waals surface area contributed by atoms with Gasteiger partial charge in [0.05, 0.1) is 6.10 Å². The fraction of sp³-hybridized carbons (Fsp3) is 0.562. The molecule has 0 aromatic heterocycles. The number of carbonyl (C=O) groups is 1. The lowest BCUT2D eigenvalue weighted by molar-refractivity contribution is -0.118. The van der Waals surface area contributed by atoms with Crippen molar-refractivity contribution < 1.29 is 9.90 Å². The lowest BCUT2D eigenvalue weighted by Crippen LogP contribution is -2.31. The van der Waals surface area contributed by atoms with E-state index in [1.165, 1.54) is 18.4 Å². The Kier molecular flexibility index (Phi) is 4.59. The number of aryl methyl sites for hydroxylation is 1. The molecule has 0 saturated carbocycles. The van der Waals surface area contributed by atoms with Gasteiger partial charge < -0.3 is 10.0 Å². The Morgan fingerprint density at radius 1 is 1.32 bits per heavy atom. The van der Waals surface area contributed by atoms with Crippen LogP contribution < -0.4 is 4.90 Å². The molecule has 3 heteroatoms. The van der Waals surface area contributed by atoms with Crippen LogP contribution in [0.15, 0.2) is 18.2 Å². The molecule has 1 unspecified atom stereocenters. The Balaban J connectivity index is 2.10. The summed E-state index contributed by atoms with van der Waals surface area (Å²) in [6.07, 6.45) is 5.20. The zero-order valence-electron chi connectivity index (χ0n) is 11.9. The summed E-state index contributed by atoms with van der Waals surface area (Å²) in [5.74, 6) is 0.170. The van der Waals surface area contributed by atoms with Gasteiger partial charge in [0.25, 0.3) is 0 Å². The van der Waals surface area contributed by atoms with Crippen LogP contribution in [0.5, 0.6) is 0 Å². The highest BCUT2D eigenvalue weighted by atomic mass is 16.3. The van der Waals surface area contributed by atoms with E-state index in [0.29, 0.717) is 6.42 Å². The molecule has 0 radical (unpaired) electrons. The lowest BCUT2D eigenvalue weighted by Gasteiger charge is -2.26. The second kappa shape index (κ2) is 6.20. The van der Waals surface area contributed by atoms with Crippen molar-refractivity contribution in [2.75, 3.05) is 11.9 Å². The first-order valence-corrected chi connectivity index (χ1v) is 7.21. The monoisotopic (exact) mass is 261 g/mol. The molecule has 1 aromatic rings. The van der Waals surface area contributed by atoms with Gasteiger partial charge in [-0.05, 0) is 30.0 Å². The number of nitrogens with zero attached hydrogens (tertiary/aromatic N) is 1. The molecule has 1 N–H and O–H groups in total. The standard InChI is InChI=1S/C16H23NO2/c1-3-4-5-6-15(18)13-7-9-14-12(11-13)8-10-16(19)17(14)2/h7,9,11,15,18H,3-6,8,10H2,1-2H3. The van der Waals surface area contributed by atoms with Gasteiger partial charge in [-0.25, -0.2) is 0 Å². The number of hydrogen-bond donors (Lipinski definition) is 1. The fourth-order valence-electron chi connectivity index (χ4n) is 2.64. The molecule has 0 fully saturated rings. The second-order valence-corrected chi connectivity index (χ2v) is 5.35. The van der Waals surface area contributed by atoms with Crippen LogP contribution in [-0.2, 0) is 11.2 Å². The first-order valence-electron chi connectivity index (χ1n) is 7.21. The van der Waals surface area contributed by atoms with Crippen molar-refractivity contribution in [3.05, 3.63) is 29.3 Å². The molecule has 19 heavy (non-hydrogen) atoms. The number of amides is 1. The van der Waals surface area contributed by atoms with Crippen LogP contribution in [0.25, 0.3) is 0 Å². The summed E-state index contributed by atoms with van der Waals surface area (Å²) >= 11 is 0. The SMILES string of the molecule is CCCCCC(O)c1ccc2c(c1)CCC(=O)N2C. The maximum absolute atomic E-state index is 11.6. The molecule has 2 rings (SSSR count). The largest absolute Gasteiger partial charge is 0.388 e. The van der Waals surface area contributed by atoms with E-state index < -0.39 is 0 Å². The van der Waals surface area contributed by atoms with Crippen molar-refractivity contribution in [1.29, 1.82) is 0 Å². The van der Waals surface area contributed by atoms with Gasteiger partial charge in [-0.1, -0.05) is 38.3 Å². The van der Waals surface area contributed by atoms with Crippen LogP contribution in [0.2, 0.25) is 0 Å². The number of unbranched alkanes of at least 4 members (excludes halogenated alkanes) is 2. The average Bonchev–Trinajstić information content (AvgIpc) is 2.43. The summed E-state index contributed by atoms with van der Waals surface area (Å²) in [7, 11) is 1.82. The zero-order chi connectivity index (χ0) is 13.8. The van der Waals surface area contributed by atoms with Crippen molar-refractivity contribution >= 4 is 11.6 Å². The van der Waals surface area contributed by atoms with Gasteiger partial charge in [0.1, 0.15) is 0 Å². The molecule has 3 nitrogen and oxygen atoms in total. The molecule has 0 spiro atoms. The van der Waals surface area contributed by atoms with E-state index in [2.05, 4.69) is 13.0 Å². The third-order valence-corrected chi connectivity index (χ3v) is 3.91. The van der Waals surface area contributed by atoms with E-state index in [0.717, 1.165) is 30.5 Å². The Morgan fingerprint density at radius 3 is 2.84 bits per heavy atom. The number of carbonyl (C=O) groups excluding carboxylic acids is 1. The normalized spacial score (nSPS) is 16.4. The number of aliphatic hydroxyl groups excluding tert-OH is 1. The molecule has 1 aromatic carbocycles. The number of anilines is 1. The third-order valence-electron chi connectivity index (χ3n) is 3.91. The Hall–Kier alpha value is -1.35. The van der Waals surface area contributed by atoms with Crippen LogP contribution in [0, 0.1) is 0 Å². The summed E-state index contributed by atoms with van der Waals surface area (Å²) in [4.78, 5) is 13.3. The van der Waals surface area contributed by atoms with Gasteiger partial charge in [-0.2, -0.15) is 0 Å². The highest BCUT2D eigenvalue weighted by Gasteiger charge is 2.21. The van der Waals surface area contributed by atoms with E-state index in [4.69, 9.17) is 0 Å². The van der Waals surface area contributed by atoms with E-state index in [1.807, 2.05) is 19.2 Å². The van der Waals surface area contributed by atoms with Gasteiger partial charge >= 0.3 is 0 Å². The Bertz CT molecular complexity index is 456. The molecule has 0 bridgehead atoms. The maximum atomic E-state index is 11.6. The number of aliphatic hydroxyl groups is 1. The molecule has 1 heterocycles. The summed E-state index contributed by atoms with van der Waals surface area (Å²) in [5, 5.41) is 10.2. The molecular weight excluding hydrogens is 238 g/mol. The molecular formula is C16H23NO2. The number of benzene rings is 1. The summed E-state index contributed by atoms with van der Waals surface area (Å²) in [6.45, 7) is 2.16. The van der Waals surface area contributed by atoms with Crippen LogP contribution in [-0.4, -0.2) is 18.1 Å². The smallest absolute Gasteiger partial charge is 0.227 e. The van der Waals surface area contributed by atoms with Crippen LogP contribution in [0.4, 0.5) is 5.69 Å². The second-order valence-electron chi connectivity index (χ2n) is 5.35. The zero-order valence-corrected chi connectivity index (χ0v) is 11.9.